The minimum Gasteiger partial charge on any atom is -0.508 e. The van der Waals surface area contributed by atoms with Gasteiger partial charge in [-0.3, -0.25) is 9.59 Å². The van der Waals surface area contributed by atoms with E-state index in [1.54, 1.807) is 4.90 Å². The zero-order chi connectivity index (χ0) is 15.4. The van der Waals surface area contributed by atoms with Gasteiger partial charge in [0.15, 0.2) is 0 Å². The molecule has 3 N–H and O–H groups in total. The molecule has 1 aromatic carbocycles. The zero-order valence-electron chi connectivity index (χ0n) is 12.0. The first kappa shape index (κ1) is 15.3. The van der Waals surface area contributed by atoms with E-state index in [0.29, 0.717) is 18.7 Å². The first-order chi connectivity index (χ1) is 9.99. The predicted octanol–water partition coefficient (Wildman–Crippen LogP) is 0.553. The molecule has 1 fully saturated rings. The highest BCUT2D eigenvalue weighted by atomic mass is 16.3. The van der Waals surface area contributed by atoms with Gasteiger partial charge in [-0.25, -0.2) is 0 Å². The third-order valence-corrected chi connectivity index (χ3v) is 3.59. The molecule has 0 unspecified atom stereocenters. The monoisotopic (exact) mass is 292 g/mol. The van der Waals surface area contributed by atoms with Crippen LogP contribution in [0.2, 0.25) is 0 Å². The van der Waals surface area contributed by atoms with Crippen molar-refractivity contribution in [2.45, 2.75) is 31.9 Å². The molecule has 1 aliphatic heterocycles. The number of hydrogen-bond donors (Lipinski definition) is 3. The van der Waals surface area contributed by atoms with Crippen molar-refractivity contribution in [1.82, 2.24) is 10.2 Å². The van der Waals surface area contributed by atoms with Gasteiger partial charge in [0.05, 0.1) is 0 Å². The van der Waals surface area contributed by atoms with Crippen molar-refractivity contribution < 1.29 is 19.8 Å². The van der Waals surface area contributed by atoms with Crippen LogP contribution in [0.1, 0.15) is 31.4 Å². The molecule has 0 aliphatic carbocycles. The van der Waals surface area contributed by atoms with Gasteiger partial charge in [-0.15, -0.1) is 0 Å². The molecule has 2 atom stereocenters. The van der Waals surface area contributed by atoms with Gasteiger partial charge in [-0.05, 0) is 30.5 Å². The number of benzene rings is 1. The molecule has 0 spiro atoms. The molecule has 114 valence electrons. The second-order valence-electron chi connectivity index (χ2n) is 5.25. The molecule has 1 saturated heterocycles. The highest BCUT2D eigenvalue weighted by Crippen LogP contribution is 2.22. The van der Waals surface area contributed by atoms with Gasteiger partial charge in [0.25, 0.3) is 0 Å². The van der Waals surface area contributed by atoms with Gasteiger partial charge >= 0.3 is 0 Å². The van der Waals surface area contributed by atoms with E-state index in [9.17, 15) is 19.8 Å². The van der Waals surface area contributed by atoms with Crippen LogP contribution in [-0.2, 0) is 9.59 Å². The van der Waals surface area contributed by atoms with Crippen molar-refractivity contribution in [1.29, 1.82) is 0 Å². The molecular formula is C15H20N2O4. The smallest absolute Gasteiger partial charge is 0.248 e. The van der Waals surface area contributed by atoms with Crippen LogP contribution in [0.25, 0.3) is 0 Å². The normalized spacial score (nSPS) is 17.3. The van der Waals surface area contributed by atoms with Crippen molar-refractivity contribution in [2.75, 3.05) is 13.1 Å². The molecule has 0 bridgehead atoms. The quantitative estimate of drug-likeness (QED) is 0.756. The standard InChI is InChI=1S/C15H20N2O4/c1-10(18)16-13(15(21)17-8-2-3-9-17)14(20)11-4-6-12(19)7-5-11/h4-7,13-14,19-20H,2-3,8-9H2,1H3,(H,16,18)/t13-,14+/m0/s1. The molecule has 1 aliphatic rings. The van der Waals surface area contributed by atoms with Gasteiger partial charge in [0.2, 0.25) is 11.8 Å². The molecule has 0 aromatic heterocycles. The van der Waals surface area contributed by atoms with E-state index in [0.717, 1.165) is 12.8 Å². The number of hydrogen-bond acceptors (Lipinski definition) is 4. The summed E-state index contributed by atoms with van der Waals surface area (Å²) in [5.74, 6) is -0.568. The number of nitrogens with zero attached hydrogens (tertiary/aromatic N) is 1. The van der Waals surface area contributed by atoms with Crippen LogP contribution in [0, 0.1) is 0 Å². The average molecular weight is 292 g/mol. The van der Waals surface area contributed by atoms with Crippen LogP contribution in [0.5, 0.6) is 5.75 Å². The number of phenols is 1. The van der Waals surface area contributed by atoms with Crippen molar-refractivity contribution in [2.24, 2.45) is 0 Å². The number of carbonyl (C=O) groups is 2. The number of rotatable bonds is 4. The lowest BCUT2D eigenvalue weighted by Gasteiger charge is -2.27. The molecule has 6 nitrogen and oxygen atoms in total. The Morgan fingerprint density at radius 3 is 2.29 bits per heavy atom. The Balaban J connectivity index is 2.19. The molecule has 0 radical (unpaired) electrons. The number of aliphatic hydroxyl groups excluding tert-OH is 1. The number of amides is 2. The summed E-state index contributed by atoms with van der Waals surface area (Å²) < 4.78 is 0. The van der Waals surface area contributed by atoms with Crippen LogP contribution in [0.4, 0.5) is 0 Å². The largest absolute Gasteiger partial charge is 0.508 e. The summed E-state index contributed by atoms with van der Waals surface area (Å²) in [4.78, 5) is 25.5. The van der Waals surface area contributed by atoms with Crippen molar-refractivity contribution in [3.8, 4) is 5.75 Å². The summed E-state index contributed by atoms with van der Waals surface area (Å²) in [5.41, 5.74) is 0.471. The van der Waals surface area contributed by atoms with Crippen molar-refractivity contribution >= 4 is 11.8 Å². The second-order valence-corrected chi connectivity index (χ2v) is 5.25. The van der Waals surface area contributed by atoms with E-state index in [-0.39, 0.29) is 17.6 Å². The predicted molar refractivity (Wildman–Crippen MR) is 76.5 cm³/mol. The molecular weight excluding hydrogens is 272 g/mol. The Bertz CT molecular complexity index is 509. The van der Waals surface area contributed by atoms with Gasteiger partial charge in [0, 0.05) is 20.0 Å². The van der Waals surface area contributed by atoms with E-state index in [4.69, 9.17) is 0 Å². The fraction of sp³-hybridized carbons (Fsp3) is 0.467. The van der Waals surface area contributed by atoms with Crippen LogP contribution in [0.15, 0.2) is 24.3 Å². The third kappa shape index (κ3) is 3.72. The van der Waals surface area contributed by atoms with E-state index in [1.807, 2.05) is 0 Å². The van der Waals surface area contributed by atoms with E-state index < -0.39 is 12.1 Å². The van der Waals surface area contributed by atoms with E-state index in [2.05, 4.69) is 5.32 Å². The van der Waals surface area contributed by atoms with Crippen LogP contribution in [0.3, 0.4) is 0 Å². The van der Waals surface area contributed by atoms with Crippen LogP contribution >= 0.6 is 0 Å². The summed E-state index contributed by atoms with van der Waals surface area (Å²) in [6, 6.07) is 4.93. The second kappa shape index (κ2) is 6.58. The summed E-state index contributed by atoms with van der Waals surface area (Å²) in [6.45, 7) is 2.61. The highest BCUT2D eigenvalue weighted by Gasteiger charge is 2.33. The first-order valence-corrected chi connectivity index (χ1v) is 7.02. The van der Waals surface area contributed by atoms with Gasteiger partial charge in [-0.1, -0.05) is 12.1 Å². The van der Waals surface area contributed by atoms with E-state index >= 15 is 0 Å². The minimum atomic E-state index is -1.15. The Morgan fingerprint density at radius 2 is 1.76 bits per heavy atom. The number of aromatic hydroxyl groups is 1. The topological polar surface area (TPSA) is 89.9 Å². The number of likely N-dealkylation sites (tertiary alicyclic amines) is 1. The zero-order valence-corrected chi connectivity index (χ0v) is 12.0. The molecule has 0 saturated carbocycles. The van der Waals surface area contributed by atoms with Gasteiger partial charge in [0.1, 0.15) is 17.9 Å². The van der Waals surface area contributed by atoms with Gasteiger partial charge < -0.3 is 20.4 Å². The van der Waals surface area contributed by atoms with Crippen molar-refractivity contribution in [3.63, 3.8) is 0 Å². The maximum atomic E-state index is 12.5. The summed E-state index contributed by atoms with van der Waals surface area (Å²) in [5, 5.41) is 22.2. The lowest BCUT2D eigenvalue weighted by molar-refractivity contribution is -0.138. The Kier molecular flexibility index (Phi) is 4.80. The number of nitrogens with one attached hydrogen (secondary N) is 1. The fourth-order valence-corrected chi connectivity index (χ4v) is 2.49. The molecule has 2 rings (SSSR count). The molecule has 21 heavy (non-hydrogen) atoms. The molecule has 1 heterocycles. The van der Waals surface area contributed by atoms with Crippen molar-refractivity contribution in [3.05, 3.63) is 29.8 Å². The third-order valence-electron chi connectivity index (χ3n) is 3.59. The average Bonchev–Trinajstić information content (AvgIpc) is 2.98. The number of phenolic OH excluding ortho intramolecular Hbond substituents is 1. The maximum Gasteiger partial charge on any atom is 0.248 e. The molecule has 2 amide bonds. The molecule has 6 heteroatoms. The molecule has 1 aromatic rings. The number of carbonyl (C=O) groups excluding carboxylic acids is 2. The lowest BCUT2D eigenvalue weighted by Crippen LogP contribution is -2.50. The number of aliphatic hydroxyl groups is 1. The fourth-order valence-electron chi connectivity index (χ4n) is 2.49. The van der Waals surface area contributed by atoms with Gasteiger partial charge in [-0.2, -0.15) is 0 Å². The Hall–Kier alpha value is -2.08. The minimum absolute atomic E-state index is 0.0768. The Labute approximate surface area is 123 Å². The highest BCUT2D eigenvalue weighted by molar-refractivity contribution is 5.87. The van der Waals surface area contributed by atoms with Crippen LogP contribution in [-0.4, -0.2) is 46.1 Å². The lowest BCUT2D eigenvalue weighted by atomic mass is 10.0. The van der Waals surface area contributed by atoms with E-state index in [1.165, 1.54) is 31.2 Å². The summed E-state index contributed by atoms with van der Waals surface area (Å²) in [6.07, 6.45) is 0.726. The van der Waals surface area contributed by atoms with Crippen LogP contribution < -0.4 is 5.32 Å². The summed E-state index contributed by atoms with van der Waals surface area (Å²) in [7, 11) is 0. The SMILES string of the molecule is CC(=O)N[C@H](C(=O)N1CCCC1)[C@H](O)c1ccc(O)cc1. The Morgan fingerprint density at radius 1 is 1.19 bits per heavy atom. The first-order valence-electron chi connectivity index (χ1n) is 7.02. The summed E-state index contributed by atoms with van der Waals surface area (Å²) >= 11 is 0. The maximum absolute atomic E-state index is 12.5.